The molecule has 5 heteroatoms. The van der Waals surface area contributed by atoms with Gasteiger partial charge in [-0.25, -0.2) is 0 Å². The number of nitrogens with zero attached hydrogens (tertiary/aromatic N) is 2. The van der Waals surface area contributed by atoms with Crippen LogP contribution in [0.25, 0.3) is 0 Å². The van der Waals surface area contributed by atoms with Gasteiger partial charge < -0.3 is 11.1 Å². The highest BCUT2D eigenvalue weighted by Gasteiger charge is 2.13. The second kappa shape index (κ2) is 8.17. The highest BCUT2D eigenvalue weighted by atomic mass is 16.1. The lowest BCUT2D eigenvalue weighted by Crippen LogP contribution is -2.29. The van der Waals surface area contributed by atoms with Crippen LogP contribution < -0.4 is 11.1 Å². The fourth-order valence-corrected chi connectivity index (χ4v) is 2.39. The summed E-state index contributed by atoms with van der Waals surface area (Å²) in [5, 5.41) is 7.50. The van der Waals surface area contributed by atoms with Crippen molar-refractivity contribution in [1.29, 1.82) is 0 Å². The van der Waals surface area contributed by atoms with E-state index in [1.807, 2.05) is 13.8 Å². The second-order valence-electron chi connectivity index (χ2n) is 6.34. The molecule has 21 heavy (non-hydrogen) atoms. The van der Waals surface area contributed by atoms with E-state index in [-0.39, 0.29) is 11.9 Å². The van der Waals surface area contributed by atoms with Gasteiger partial charge in [0.1, 0.15) is 0 Å². The number of nitrogens with two attached hydrogens (primary N) is 1. The maximum absolute atomic E-state index is 11.8. The number of amides is 1. The molecule has 1 rings (SSSR count). The molecule has 5 nitrogen and oxygen atoms in total. The van der Waals surface area contributed by atoms with E-state index in [0.717, 1.165) is 25.1 Å². The molecule has 3 N–H and O–H groups in total. The molecule has 0 spiro atoms. The standard InChI is InChI=1S/C16H30N4O/c1-11(2)10-20-14(5)15(13(4)19-20)6-7-16(21)18-9-8-12(3)17/h11-12H,6-10,17H2,1-5H3,(H,18,21). The Kier molecular flexibility index (Phi) is 6.89. The van der Waals surface area contributed by atoms with Gasteiger partial charge in [0.05, 0.1) is 5.69 Å². The second-order valence-corrected chi connectivity index (χ2v) is 6.34. The molecule has 0 saturated heterocycles. The summed E-state index contributed by atoms with van der Waals surface area (Å²) < 4.78 is 2.06. The van der Waals surface area contributed by atoms with Gasteiger partial charge in [0.15, 0.2) is 0 Å². The van der Waals surface area contributed by atoms with E-state index in [0.29, 0.717) is 18.9 Å². The molecule has 0 aliphatic rings. The fourth-order valence-electron chi connectivity index (χ4n) is 2.39. The molecular formula is C16H30N4O. The number of carbonyl (C=O) groups is 1. The molecule has 1 amide bonds. The lowest BCUT2D eigenvalue weighted by atomic mass is 10.1. The Balaban J connectivity index is 2.51. The third-order valence-electron chi connectivity index (χ3n) is 3.59. The zero-order valence-corrected chi connectivity index (χ0v) is 14.1. The van der Waals surface area contributed by atoms with Crippen molar-refractivity contribution in [2.24, 2.45) is 11.7 Å². The molecular weight excluding hydrogens is 264 g/mol. The number of carbonyl (C=O) groups excluding carboxylic acids is 1. The van der Waals surface area contributed by atoms with Crippen molar-refractivity contribution < 1.29 is 4.79 Å². The number of hydrogen-bond acceptors (Lipinski definition) is 3. The quantitative estimate of drug-likeness (QED) is 0.769. The van der Waals surface area contributed by atoms with Crippen LogP contribution in [0.2, 0.25) is 0 Å². The van der Waals surface area contributed by atoms with Gasteiger partial charge in [0.2, 0.25) is 5.91 Å². The Labute approximate surface area is 128 Å². The molecule has 120 valence electrons. The Hall–Kier alpha value is -1.36. The minimum absolute atomic E-state index is 0.0889. The molecule has 0 aromatic carbocycles. The van der Waals surface area contributed by atoms with Crippen LogP contribution in [0.15, 0.2) is 0 Å². The molecule has 0 bridgehead atoms. The zero-order chi connectivity index (χ0) is 16.0. The summed E-state index contributed by atoms with van der Waals surface area (Å²) in [5.41, 5.74) is 9.09. The van der Waals surface area contributed by atoms with Gasteiger partial charge in [-0.3, -0.25) is 9.48 Å². The van der Waals surface area contributed by atoms with E-state index < -0.39 is 0 Å². The number of rotatable bonds is 8. The summed E-state index contributed by atoms with van der Waals surface area (Å²) in [5.74, 6) is 0.656. The first-order valence-electron chi connectivity index (χ1n) is 7.86. The smallest absolute Gasteiger partial charge is 0.220 e. The van der Waals surface area contributed by atoms with E-state index in [9.17, 15) is 4.79 Å². The van der Waals surface area contributed by atoms with Gasteiger partial charge >= 0.3 is 0 Å². The summed E-state index contributed by atoms with van der Waals surface area (Å²) in [7, 11) is 0. The summed E-state index contributed by atoms with van der Waals surface area (Å²) in [6.45, 7) is 12.0. The summed E-state index contributed by atoms with van der Waals surface area (Å²) in [4.78, 5) is 11.8. The van der Waals surface area contributed by atoms with Crippen LogP contribution in [0.5, 0.6) is 0 Å². The van der Waals surface area contributed by atoms with Gasteiger partial charge in [0.25, 0.3) is 0 Å². The van der Waals surface area contributed by atoms with Gasteiger partial charge in [-0.1, -0.05) is 13.8 Å². The average Bonchev–Trinajstić information content (AvgIpc) is 2.61. The molecule has 0 fully saturated rings. The molecule has 1 aromatic heterocycles. The van der Waals surface area contributed by atoms with E-state index in [2.05, 4.69) is 35.9 Å². The number of aryl methyl sites for hydroxylation is 1. The van der Waals surface area contributed by atoms with Gasteiger partial charge in [-0.2, -0.15) is 5.10 Å². The van der Waals surface area contributed by atoms with Crippen LogP contribution in [0.3, 0.4) is 0 Å². The van der Waals surface area contributed by atoms with Gasteiger partial charge in [0, 0.05) is 31.2 Å². The van der Waals surface area contributed by atoms with Crippen molar-refractivity contribution in [3.63, 3.8) is 0 Å². The molecule has 0 saturated carbocycles. The predicted octanol–water partition coefficient (Wildman–Crippen LogP) is 1.94. The Morgan fingerprint density at radius 2 is 2.00 bits per heavy atom. The Morgan fingerprint density at radius 1 is 1.33 bits per heavy atom. The van der Waals surface area contributed by atoms with Crippen LogP contribution in [0.1, 0.15) is 50.6 Å². The molecule has 0 radical (unpaired) electrons. The third-order valence-corrected chi connectivity index (χ3v) is 3.59. The minimum Gasteiger partial charge on any atom is -0.356 e. The van der Waals surface area contributed by atoms with E-state index in [4.69, 9.17) is 5.73 Å². The van der Waals surface area contributed by atoms with Crippen LogP contribution in [0.4, 0.5) is 0 Å². The number of hydrogen-bond donors (Lipinski definition) is 2. The van der Waals surface area contributed by atoms with E-state index >= 15 is 0 Å². The SMILES string of the molecule is Cc1nn(CC(C)C)c(C)c1CCC(=O)NCCC(C)N. The summed E-state index contributed by atoms with van der Waals surface area (Å²) in [6.07, 6.45) is 2.07. The first-order valence-corrected chi connectivity index (χ1v) is 7.86. The predicted molar refractivity (Wildman–Crippen MR) is 86.1 cm³/mol. The normalized spacial score (nSPS) is 12.7. The lowest BCUT2D eigenvalue weighted by Gasteiger charge is -2.09. The molecule has 1 unspecified atom stereocenters. The van der Waals surface area contributed by atoms with Crippen molar-refractivity contribution in [3.8, 4) is 0 Å². The topological polar surface area (TPSA) is 72.9 Å². The average molecular weight is 294 g/mol. The lowest BCUT2D eigenvalue weighted by molar-refractivity contribution is -0.121. The maximum Gasteiger partial charge on any atom is 0.220 e. The molecule has 1 aromatic rings. The Morgan fingerprint density at radius 3 is 2.57 bits per heavy atom. The van der Waals surface area contributed by atoms with Crippen molar-refractivity contribution in [2.45, 2.75) is 66.5 Å². The first kappa shape index (κ1) is 17.7. The van der Waals surface area contributed by atoms with Gasteiger partial charge in [-0.05, 0) is 45.1 Å². The van der Waals surface area contributed by atoms with E-state index in [1.54, 1.807) is 0 Å². The monoisotopic (exact) mass is 294 g/mol. The number of nitrogens with one attached hydrogen (secondary N) is 1. The molecule has 0 aliphatic heterocycles. The van der Waals surface area contributed by atoms with Crippen molar-refractivity contribution in [1.82, 2.24) is 15.1 Å². The van der Waals surface area contributed by atoms with Crippen molar-refractivity contribution in [2.75, 3.05) is 6.54 Å². The maximum atomic E-state index is 11.8. The largest absolute Gasteiger partial charge is 0.356 e. The minimum atomic E-state index is 0.0889. The van der Waals surface area contributed by atoms with Crippen LogP contribution in [-0.2, 0) is 17.8 Å². The first-order chi connectivity index (χ1) is 9.81. The highest BCUT2D eigenvalue weighted by Crippen LogP contribution is 2.16. The van der Waals surface area contributed by atoms with Crippen molar-refractivity contribution in [3.05, 3.63) is 17.0 Å². The fraction of sp³-hybridized carbons (Fsp3) is 0.750. The zero-order valence-electron chi connectivity index (χ0n) is 14.1. The molecule has 1 atom stereocenters. The van der Waals surface area contributed by atoms with Gasteiger partial charge in [-0.15, -0.1) is 0 Å². The molecule has 1 heterocycles. The number of aromatic nitrogens is 2. The van der Waals surface area contributed by atoms with Crippen molar-refractivity contribution >= 4 is 5.91 Å². The molecule has 0 aliphatic carbocycles. The van der Waals surface area contributed by atoms with E-state index in [1.165, 1.54) is 11.3 Å². The highest BCUT2D eigenvalue weighted by molar-refractivity contribution is 5.76. The van der Waals surface area contributed by atoms with Crippen LogP contribution in [0, 0.1) is 19.8 Å². The van der Waals surface area contributed by atoms with Crippen LogP contribution in [-0.4, -0.2) is 28.3 Å². The Bertz CT molecular complexity index is 463. The summed E-state index contributed by atoms with van der Waals surface area (Å²) >= 11 is 0. The summed E-state index contributed by atoms with van der Waals surface area (Å²) in [6, 6.07) is 0.129. The third kappa shape index (κ3) is 5.87. The van der Waals surface area contributed by atoms with Crippen LogP contribution >= 0.6 is 0 Å².